The van der Waals surface area contributed by atoms with Crippen LogP contribution in [0.25, 0.3) is 0 Å². The molecule has 0 saturated carbocycles. The van der Waals surface area contributed by atoms with E-state index in [2.05, 4.69) is 65.4 Å². The predicted octanol–water partition coefficient (Wildman–Crippen LogP) is -1.73. The van der Waals surface area contributed by atoms with Crippen LogP contribution in [0.2, 0.25) is 0 Å². The summed E-state index contributed by atoms with van der Waals surface area (Å²) in [5, 5.41) is 66.2. The largest absolute Gasteiger partial charge is 0.508 e. The first-order valence-corrected chi connectivity index (χ1v) is 33.0. The van der Waals surface area contributed by atoms with Crippen molar-refractivity contribution in [3.8, 4) is 11.5 Å². The van der Waals surface area contributed by atoms with E-state index in [-0.39, 0.29) is 56.6 Å². The number of benzene rings is 2. The van der Waals surface area contributed by atoms with Crippen molar-refractivity contribution < 1.29 is 92.3 Å². The minimum atomic E-state index is -2.00. The molecule has 2 aromatic rings. The summed E-state index contributed by atoms with van der Waals surface area (Å²) in [5.74, 6) is -16.4. The number of unbranched alkanes of at least 4 members (excludes halogenated alkanes) is 10. The average molecular weight is 1370 g/mol. The van der Waals surface area contributed by atoms with E-state index >= 15 is 0 Å². The number of rotatable bonds is 28. The summed E-state index contributed by atoms with van der Waals surface area (Å²) in [6, 6.07) is -2.44. The second-order valence-corrected chi connectivity index (χ2v) is 24.0. The number of carboxylic acid groups (broad SMARTS) is 1. The van der Waals surface area contributed by atoms with Gasteiger partial charge in [0.15, 0.2) is 0 Å². The van der Waals surface area contributed by atoms with Crippen LogP contribution in [0.3, 0.4) is 0 Å². The molecule has 12 amide bonds. The molecule has 32 heteroatoms. The SMILES string of the molecule is CCCCCCCCCCCCCC(=O)N[C@@H]1C(=O)N[C@H](CCO)C(=O)N[C@@H](CC(=O)O)C(=O)NCC(=O)N[C@H](CC(N)=O)C(=O)NCC(=O)NCC(=O)N[C@@H](Cc2ccc(O)cc2)C(=O)N[C@@H]([C@@H](C)CC)C(=O)N[C@@H](CCCN)C(=O)N[C@@H](Cc2ccc(O)cc2)C(=O)O[C@@H]1C. The van der Waals surface area contributed by atoms with Crippen LogP contribution in [0, 0.1) is 5.92 Å². The summed E-state index contributed by atoms with van der Waals surface area (Å²) in [4.78, 5) is 191. The number of carboxylic acids is 1. The number of cyclic esters (lactones) is 1. The number of aliphatic hydroxyl groups is 1. The van der Waals surface area contributed by atoms with E-state index in [9.17, 15) is 87.5 Å². The van der Waals surface area contributed by atoms with Crippen LogP contribution in [0.15, 0.2) is 48.5 Å². The van der Waals surface area contributed by atoms with Gasteiger partial charge in [0.1, 0.15) is 65.9 Å². The highest BCUT2D eigenvalue weighted by molar-refractivity contribution is 5.99. The van der Waals surface area contributed by atoms with Gasteiger partial charge in [-0.1, -0.05) is 116 Å². The van der Waals surface area contributed by atoms with Crippen molar-refractivity contribution in [2.24, 2.45) is 17.4 Å². The van der Waals surface area contributed by atoms with E-state index in [1.54, 1.807) is 13.8 Å². The van der Waals surface area contributed by atoms with Gasteiger partial charge in [0.25, 0.3) is 0 Å². The zero-order chi connectivity index (χ0) is 72.0. The third-order valence-corrected chi connectivity index (χ3v) is 15.9. The maximum Gasteiger partial charge on any atom is 0.329 e. The molecule has 538 valence electrons. The molecule has 32 nitrogen and oxygen atoms in total. The molecule has 10 atom stereocenters. The summed E-state index contributed by atoms with van der Waals surface area (Å²) in [5.41, 5.74) is 12.0. The molecule has 1 aliphatic heterocycles. The first kappa shape index (κ1) is 81.8. The minimum Gasteiger partial charge on any atom is -0.508 e. The standard InChI is InChI=1S/C65H99N13O19/c1-5-7-8-9-10-11-12-13-14-15-16-19-51(83)77-57-39(4)97-65(96)49(32-41-22-26-43(81)27-23-41)76-60(91)44(18-17-29-66)73-63(94)56(38(3)6-2)78-62(93)46(31-40-20-24-42(80)25-21-40)71-53(85)36-68-52(84)35-69-58(89)47(33-50(67)82)72-54(86)37-70-59(90)48(34-55(87)88)75-61(92)45(28-30-79)74-64(57)95/h20-27,38-39,44-49,56-57,79-81H,5-19,28-37,66H2,1-4H3,(H2,67,82)(H,68,84)(H,69,89)(H,70,90)(H,71,85)(H,72,86)(H,73,94)(H,74,95)(H,75,92)(H,76,91)(H,77,83)(H,78,93)(H,87,88)/t38-,39+,44-,45+,46-,47+,48-,49-,56-,57-/m0/s1. The molecule has 0 unspecified atom stereocenters. The topological polar surface area (TPSA) is 513 Å². The number of carbonyl (C=O) groups excluding carboxylic acids is 13. The van der Waals surface area contributed by atoms with E-state index in [4.69, 9.17) is 16.2 Å². The number of ether oxygens (including phenoxy) is 1. The molecule has 97 heavy (non-hydrogen) atoms. The summed E-state index contributed by atoms with van der Waals surface area (Å²) in [7, 11) is 0. The molecule has 3 rings (SSSR count). The lowest BCUT2D eigenvalue weighted by Crippen LogP contribution is -2.61. The van der Waals surface area contributed by atoms with Gasteiger partial charge < -0.3 is 95.1 Å². The Balaban J connectivity index is 2.16. The number of nitrogens with one attached hydrogen (secondary N) is 11. The highest BCUT2D eigenvalue weighted by Crippen LogP contribution is 2.18. The smallest absolute Gasteiger partial charge is 0.329 e. The normalized spacial score (nSPS) is 22.5. The van der Waals surface area contributed by atoms with E-state index in [1.165, 1.54) is 68.3 Å². The Morgan fingerprint density at radius 2 is 0.990 bits per heavy atom. The van der Waals surface area contributed by atoms with Crippen molar-refractivity contribution >= 4 is 82.8 Å². The lowest BCUT2D eigenvalue weighted by molar-refractivity contribution is -0.156. The Bertz CT molecular complexity index is 2950. The average Bonchev–Trinajstić information content (AvgIpc) is 0.867. The van der Waals surface area contributed by atoms with Crippen molar-refractivity contribution in [2.75, 3.05) is 32.8 Å². The number of hydrogen-bond donors (Lipinski definition) is 17. The van der Waals surface area contributed by atoms with Crippen LogP contribution in [0.1, 0.15) is 154 Å². The Labute approximate surface area is 563 Å². The number of phenolic OH excluding ortho intramolecular Hbond substituents is 2. The maximum absolute atomic E-state index is 14.7. The third kappa shape index (κ3) is 31.8. The first-order chi connectivity index (χ1) is 46.2. The highest BCUT2D eigenvalue weighted by atomic mass is 16.5. The van der Waals surface area contributed by atoms with E-state index < -0.39 is 189 Å². The molecule has 1 aliphatic rings. The zero-order valence-electron chi connectivity index (χ0n) is 55.6. The third-order valence-electron chi connectivity index (χ3n) is 15.9. The van der Waals surface area contributed by atoms with Crippen LogP contribution in [-0.2, 0) is 84.7 Å². The van der Waals surface area contributed by atoms with Crippen LogP contribution >= 0.6 is 0 Å². The number of hydrogen-bond acceptors (Lipinski definition) is 19. The molecule has 0 spiro atoms. The van der Waals surface area contributed by atoms with Gasteiger partial charge in [-0.05, 0) is 80.5 Å². The number of amides is 12. The quantitative estimate of drug-likeness (QED) is 0.0333. The van der Waals surface area contributed by atoms with Crippen LogP contribution in [-0.4, -0.2) is 190 Å². The Kier molecular flexibility index (Phi) is 37.4. The molecule has 2 aromatic carbocycles. The second kappa shape index (κ2) is 44.3. The fourth-order valence-corrected chi connectivity index (χ4v) is 10.2. The predicted molar refractivity (Wildman–Crippen MR) is 350 cm³/mol. The van der Waals surface area contributed by atoms with Gasteiger partial charge in [0, 0.05) is 25.9 Å². The number of aliphatic carboxylic acids is 1. The lowest BCUT2D eigenvalue weighted by atomic mass is 9.96. The molecule has 0 aromatic heterocycles. The fraction of sp³-hybridized carbons (Fsp3) is 0.600. The van der Waals surface area contributed by atoms with Crippen LogP contribution < -0.4 is 70.0 Å². The maximum atomic E-state index is 14.7. The summed E-state index contributed by atoms with van der Waals surface area (Å²) in [6.07, 6.45) is 5.98. The number of phenols is 2. The number of nitrogens with two attached hydrogens (primary N) is 2. The molecule has 1 heterocycles. The Morgan fingerprint density at radius 3 is 1.51 bits per heavy atom. The van der Waals surface area contributed by atoms with Gasteiger partial charge in [-0.3, -0.25) is 62.3 Å². The minimum absolute atomic E-state index is 0.0139. The molecule has 1 saturated heterocycles. The summed E-state index contributed by atoms with van der Waals surface area (Å²) < 4.78 is 5.90. The number of primary amides is 1. The molecule has 1 fully saturated rings. The lowest BCUT2D eigenvalue weighted by Gasteiger charge is -2.30. The van der Waals surface area contributed by atoms with Gasteiger partial charge in [-0.15, -0.1) is 0 Å². The molecule has 0 aliphatic carbocycles. The molecular weight excluding hydrogens is 1270 g/mol. The highest BCUT2D eigenvalue weighted by Gasteiger charge is 2.38. The van der Waals surface area contributed by atoms with E-state index in [1.807, 2.05) is 0 Å². The molecule has 0 radical (unpaired) electrons. The van der Waals surface area contributed by atoms with Crippen LogP contribution in [0.4, 0.5) is 0 Å². The monoisotopic (exact) mass is 1370 g/mol. The number of carbonyl (C=O) groups is 14. The first-order valence-electron chi connectivity index (χ1n) is 33.0. The van der Waals surface area contributed by atoms with Crippen molar-refractivity contribution in [3.63, 3.8) is 0 Å². The van der Waals surface area contributed by atoms with Crippen molar-refractivity contribution in [2.45, 2.75) is 211 Å². The Hall–Kier alpha value is -9.46. The van der Waals surface area contributed by atoms with Gasteiger partial charge in [-0.25, -0.2) is 4.79 Å². The van der Waals surface area contributed by atoms with E-state index in [0.29, 0.717) is 24.0 Å². The molecule has 19 N–H and O–H groups in total. The molecular formula is C65H99N13O19. The molecule has 0 bridgehead atoms. The van der Waals surface area contributed by atoms with Crippen molar-refractivity contribution in [1.29, 1.82) is 0 Å². The number of aromatic hydroxyl groups is 2. The fourth-order valence-electron chi connectivity index (χ4n) is 10.2. The van der Waals surface area contributed by atoms with Crippen LogP contribution in [0.5, 0.6) is 11.5 Å². The van der Waals surface area contributed by atoms with Gasteiger partial charge >= 0.3 is 11.9 Å². The van der Waals surface area contributed by atoms with E-state index in [0.717, 1.165) is 44.9 Å². The van der Waals surface area contributed by atoms with Crippen molar-refractivity contribution in [3.05, 3.63) is 59.7 Å². The van der Waals surface area contributed by atoms with Gasteiger partial charge in [-0.2, -0.15) is 0 Å². The van der Waals surface area contributed by atoms with Crippen molar-refractivity contribution in [1.82, 2.24) is 58.5 Å². The summed E-state index contributed by atoms with van der Waals surface area (Å²) >= 11 is 0. The van der Waals surface area contributed by atoms with Gasteiger partial charge in [0.05, 0.1) is 32.5 Å². The number of aliphatic hydroxyl groups excluding tert-OH is 1. The summed E-state index contributed by atoms with van der Waals surface area (Å²) in [6.45, 7) is 3.22. The number of esters is 1. The zero-order valence-corrected chi connectivity index (χ0v) is 55.6. The second-order valence-electron chi connectivity index (χ2n) is 24.0. The Morgan fingerprint density at radius 1 is 0.536 bits per heavy atom. The van der Waals surface area contributed by atoms with Gasteiger partial charge in [0.2, 0.25) is 70.9 Å².